The van der Waals surface area contributed by atoms with E-state index in [0.717, 1.165) is 6.42 Å². The fraction of sp³-hybridized carbons (Fsp3) is 0.450. The second kappa shape index (κ2) is 6.43. The Labute approximate surface area is 129 Å². The normalized spacial score (nSPS) is 11.4. The monoisotopic (exact) mass is 282 g/mol. The van der Waals surface area contributed by atoms with E-state index < -0.39 is 0 Å². The standard InChI is InChI=1S/C20H28N/c1-14(2)12-17-9-10-19(16(5)13-17)20-18(15(3)4)8-7-11-21(20)6/h7-11,13-15H,12H2,1-6H3/q+1. The molecule has 0 fully saturated rings. The number of nitrogens with zero attached hydrogens (tertiary/aromatic N) is 1. The van der Waals surface area contributed by atoms with Crippen LogP contribution < -0.4 is 4.57 Å². The van der Waals surface area contributed by atoms with E-state index in [1.165, 1.54) is 27.9 Å². The van der Waals surface area contributed by atoms with Crippen LogP contribution >= 0.6 is 0 Å². The molecule has 0 unspecified atom stereocenters. The number of hydrogen-bond donors (Lipinski definition) is 0. The summed E-state index contributed by atoms with van der Waals surface area (Å²) in [5.41, 5.74) is 6.93. The van der Waals surface area contributed by atoms with Crippen molar-refractivity contribution in [2.45, 2.75) is 47.0 Å². The third-order valence-electron chi connectivity index (χ3n) is 4.02. The average molecular weight is 282 g/mol. The Morgan fingerprint density at radius 2 is 1.76 bits per heavy atom. The lowest BCUT2D eigenvalue weighted by molar-refractivity contribution is -0.660. The van der Waals surface area contributed by atoms with Gasteiger partial charge in [-0.05, 0) is 48.4 Å². The smallest absolute Gasteiger partial charge is 0.201 e. The third kappa shape index (κ3) is 3.53. The molecule has 1 aromatic carbocycles. The van der Waals surface area contributed by atoms with Crippen molar-refractivity contribution in [1.29, 1.82) is 0 Å². The molecule has 1 heterocycles. The maximum absolute atomic E-state index is 2.35. The second-order valence-corrected chi connectivity index (χ2v) is 6.82. The van der Waals surface area contributed by atoms with Gasteiger partial charge in [0.2, 0.25) is 5.69 Å². The van der Waals surface area contributed by atoms with Crippen LogP contribution in [0.15, 0.2) is 36.5 Å². The molecule has 0 N–H and O–H groups in total. The predicted octanol–water partition coefficient (Wildman–Crippen LogP) is 4.81. The van der Waals surface area contributed by atoms with E-state index >= 15 is 0 Å². The molecule has 0 atom stereocenters. The molecule has 1 nitrogen and oxygen atoms in total. The number of benzene rings is 1. The molecular formula is C20H28N+. The summed E-state index contributed by atoms with van der Waals surface area (Å²) >= 11 is 0. The molecule has 2 rings (SSSR count). The molecule has 0 aliphatic carbocycles. The van der Waals surface area contributed by atoms with Gasteiger partial charge in [0.05, 0.1) is 0 Å². The van der Waals surface area contributed by atoms with Gasteiger partial charge in [-0.25, -0.2) is 4.57 Å². The fourth-order valence-corrected chi connectivity index (χ4v) is 3.03. The van der Waals surface area contributed by atoms with Crippen molar-refractivity contribution in [3.05, 3.63) is 53.2 Å². The van der Waals surface area contributed by atoms with Gasteiger partial charge in [-0.15, -0.1) is 0 Å². The average Bonchev–Trinajstić information content (AvgIpc) is 2.38. The summed E-state index contributed by atoms with van der Waals surface area (Å²) in [4.78, 5) is 0. The van der Waals surface area contributed by atoms with Crippen molar-refractivity contribution >= 4 is 0 Å². The van der Waals surface area contributed by atoms with Crippen LogP contribution in [0.5, 0.6) is 0 Å². The van der Waals surface area contributed by atoms with E-state index in [0.29, 0.717) is 11.8 Å². The van der Waals surface area contributed by atoms with Crippen molar-refractivity contribution in [3.8, 4) is 11.3 Å². The van der Waals surface area contributed by atoms with Gasteiger partial charge >= 0.3 is 0 Å². The molecule has 0 radical (unpaired) electrons. The van der Waals surface area contributed by atoms with Crippen molar-refractivity contribution < 1.29 is 4.57 Å². The van der Waals surface area contributed by atoms with Gasteiger partial charge in [0.1, 0.15) is 7.05 Å². The Kier molecular flexibility index (Phi) is 4.82. The lowest BCUT2D eigenvalue weighted by Crippen LogP contribution is -2.32. The SMILES string of the molecule is Cc1cc(CC(C)C)ccc1-c1c(C(C)C)ccc[n+]1C. The van der Waals surface area contributed by atoms with E-state index in [1.54, 1.807) is 0 Å². The molecule has 0 saturated carbocycles. The molecular weight excluding hydrogens is 254 g/mol. The Bertz CT molecular complexity index is 624. The van der Waals surface area contributed by atoms with E-state index in [-0.39, 0.29) is 0 Å². The number of rotatable bonds is 4. The van der Waals surface area contributed by atoms with Gasteiger partial charge in [0.25, 0.3) is 0 Å². The minimum atomic E-state index is 0.530. The molecule has 0 aliphatic rings. The molecule has 0 aliphatic heterocycles. The zero-order valence-corrected chi connectivity index (χ0v) is 14.3. The summed E-state index contributed by atoms with van der Waals surface area (Å²) in [5, 5.41) is 0. The highest BCUT2D eigenvalue weighted by atomic mass is 14.9. The van der Waals surface area contributed by atoms with E-state index in [4.69, 9.17) is 0 Å². The summed E-state index contributed by atoms with van der Waals surface area (Å²) in [5.74, 6) is 1.23. The Balaban J connectivity index is 2.53. The van der Waals surface area contributed by atoms with Gasteiger partial charge in [0, 0.05) is 17.2 Å². The molecule has 2 aromatic rings. The maximum Gasteiger partial charge on any atom is 0.215 e. The summed E-state index contributed by atoms with van der Waals surface area (Å²) in [7, 11) is 2.14. The number of pyridine rings is 1. The molecule has 1 heteroatoms. The van der Waals surface area contributed by atoms with Crippen molar-refractivity contribution in [2.75, 3.05) is 0 Å². The highest BCUT2D eigenvalue weighted by molar-refractivity contribution is 5.65. The summed E-state index contributed by atoms with van der Waals surface area (Å²) < 4.78 is 2.25. The van der Waals surface area contributed by atoms with Gasteiger partial charge in [-0.1, -0.05) is 39.8 Å². The molecule has 21 heavy (non-hydrogen) atoms. The number of hydrogen-bond acceptors (Lipinski definition) is 0. The Morgan fingerprint density at radius 1 is 1.05 bits per heavy atom. The van der Waals surface area contributed by atoms with Crippen LogP contribution in [-0.2, 0) is 13.5 Å². The van der Waals surface area contributed by atoms with E-state index in [1.807, 2.05) is 0 Å². The molecule has 0 spiro atoms. The topological polar surface area (TPSA) is 3.88 Å². The number of aryl methyl sites for hydroxylation is 2. The van der Waals surface area contributed by atoms with Crippen LogP contribution in [0.25, 0.3) is 11.3 Å². The molecule has 1 aromatic heterocycles. The minimum Gasteiger partial charge on any atom is -0.201 e. The third-order valence-corrected chi connectivity index (χ3v) is 4.02. The van der Waals surface area contributed by atoms with E-state index in [2.05, 4.69) is 82.8 Å². The van der Waals surface area contributed by atoms with Crippen LogP contribution in [0.4, 0.5) is 0 Å². The zero-order chi connectivity index (χ0) is 15.6. The fourth-order valence-electron chi connectivity index (χ4n) is 3.03. The van der Waals surface area contributed by atoms with Crippen LogP contribution in [0, 0.1) is 12.8 Å². The largest absolute Gasteiger partial charge is 0.215 e. The summed E-state index contributed by atoms with van der Waals surface area (Å²) in [6.45, 7) is 11.3. The summed E-state index contributed by atoms with van der Waals surface area (Å²) in [6, 6.07) is 11.3. The van der Waals surface area contributed by atoms with Crippen molar-refractivity contribution in [3.63, 3.8) is 0 Å². The van der Waals surface area contributed by atoms with Gasteiger partial charge in [0.15, 0.2) is 6.20 Å². The first-order chi connectivity index (χ1) is 9.90. The summed E-state index contributed by atoms with van der Waals surface area (Å²) in [6.07, 6.45) is 3.29. The van der Waals surface area contributed by atoms with Gasteiger partial charge < -0.3 is 0 Å². The quantitative estimate of drug-likeness (QED) is 0.709. The first-order valence-electron chi connectivity index (χ1n) is 7.98. The predicted molar refractivity (Wildman–Crippen MR) is 90.4 cm³/mol. The zero-order valence-electron chi connectivity index (χ0n) is 14.3. The minimum absolute atomic E-state index is 0.530. The van der Waals surface area contributed by atoms with E-state index in [9.17, 15) is 0 Å². The van der Waals surface area contributed by atoms with Gasteiger partial charge in [-0.2, -0.15) is 0 Å². The lowest BCUT2D eigenvalue weighted by Gasteiger charge is -2.13. The Hall–Kier alpha value is -1.63. The Morgan fingerprint density at radius 3 is 2.33 bits per heavy atom. The highest BCUT2D eigenvalue weighted by Gasteiger charge is 2.19. The van der Waals surface area contributed by atoms with Crippen LogP contribution in [0.2, 0.25) is 0 Å². The first kappa shape index (κ1) is 15.8. The highest BCUT2D eigenvalue weighted by Crippen LogP contribution is 2.29. The maximum atomic E-state index is 2.35. The number of aromatic nitrogens is 1. The molecule has 0 amide bonds. The van der Waals surface area contributed by atoms with Crippen LogP contribution in [0.3, 0.4) is 0 Å². The van der Waals surface area contributed by atoms with Crippen LogP contribution in [0.1, 0.15) is 50.3 Å². The van der Waals surface area contributed by atoms with Gasteiger partial charge in [-0.3, -0.25) is 0 Å². The molecule has 112 valence electrons. The van der Waals surface area contributed by atoms with Crippen molar-refractivity contribution in [2.24, 2.45) is 13.0 Å². The van der Waals surface area contributed by atoms with Crippen LogP contribution in [-0.4, -0.2) is 0 Å². The molecule has 0 saturated heterocycles. The second-order valence-electron chi connectivity index (χ2n) is 6.82. The molecule has 0 bridgehead atoms. The first-order valence-corrected chi connectivity index (χ1v) is 7.98. The lowest BCUT2D eigenvalue weighted by atomic mass is 9.92. The van der Waals surface area contributed by atoms with Crippen molar-refractivity contribution in [1.82, 2.24) is 0 Å².